The molecule has 36 heavy (non-hydrogen) atoms. The highest BCUT2D eigenvalue weighted by Crippen LogP contribution is 2.40. The minimum Gasteiger partial charge on any atom is -0.477 e. The van der Waals surface area contributed by atoms with Crippen molar-refractivity contribution in [3.05, 3.63) is 88.2 Å². The van der Waals surface area contributed by atoms with Crippen LogP contribution in [0, 0.1) is 5.82 Å². The van der Waals surface area contributed by atoms with Gasteiger partial charge in [0.1, 0.15) is 11.2 Å². The molecule has 0 atom stereocenters. The molecule has 5 heterocycles. The number of nitrogens with zero attached hydrogens (tertiary/aromatic N) is 6. The summed E-state index contributed by atoms with van der Waals surface area (Å²) in [6, 6.07) is 7.16. The maximum Gasteiger partial charge on any atom is 0.353 e. The molecule has 6 rings (SSSR count). The van der Waals surface area contributed by atoms with Gasteiger partial charge >= 0.3 is 5.97 Å². The molecule has 10 nitrogen and oxygen atoms in total. The number of pyridine rings is 2. The van der Waals surface area contributed by atoms with Gasteiger partial charge in [0.05, 0.1) is 36.3 Å². The summed E-state index contributed by atoms with van der Waals surface area (Å²) in [5, 5.41) is 20.4. The molecule has 0 radical (unpaired) electrons. The minimum atomic E-state index is -1.05. The lowest BCUT2D eigenvalue weighted by Crippen LogP contribution is -2.23. The van der Waals surface area contributed by atoms with Gasteiger partial charge in [-0.15, -0.1) is 5.10 Å². The quantitative estimate of drug-likeness (QED) is 0.348. The van der Waals surface area contributed by atoms with Gasteiger partial charge in [0.15, 0.2) is 11.5 Å². The van der Waals surface area contributed by atoms with E-state index in [0.717, 1.165) is 23.9 Å². The van der Waals surface area contributed by atoms with E-state index in [2.05, 4.69) is 20.6 Å². The molecule has 2 N–H and O–H groups in total. The molecule has 1 aliphatic carbocycles. The van der Waals surface area contributed by atoms with Crippen LogP contribution in [0.1, 0.15) is 56.6 Å². The topological polar surface area (TPSA) is 119 Å². The summed E-state index contributed by atoms with van der Waals surface area (Å²) in [6.07, 6.45) is 8.56. The number of halogens is 2. The summed E-state index contributed by atoms with van der Waals surface area (Å²) < 4.78 is 19.0. The average Bonchev–Trinajstić information content (AvgIpc) is 3.29. The maximum absolute atomic E-state index is 14.4. The number of aromatic carboxylic acids is 1. The molecule has 1 saturated carbocycles. The predicted octanol–water partition coefficient (Wildman–Crippen LogP) is 3.52. The van der Waals surface area contributed by atoms with Crippen molar-refractivity contribution in [3.63, 3.8) is 0 Å². The van der Waals surface area contributed by atoms with Crippen molar-refractivity contribution >= 4 is 34.5 Å². The first-order valence-electron chi connectivity index (χ1n) is 11.2. The normalized spacial score (nSPS) is 13.5. The third-order valence-electron chi connectivity index (χ3n) is 6.31. The molecule has 1 aliphatic rings. The van der Waals surface area contributed by atoms with Crippen LogP contribution in [-0.4, -0.2) is 45.8 Å². The van der Waals surface area contributed by atoms with E-state index in [9.17, 15) is 19.1 Å². The number of rotatable bonds is 7. The van der Waals surface area contributed by atoms with E-state index in [1.165, 1.54) is 27.7 Å². The van der Waals surface area contributed by atoms with Crippen LogP contribution in [0.4, 0.5) is 4.39 Å². The molecule has 182 valence electrons. The van der Waals surface area contributed by atoms with Crippen LogP contribution >= 0.6 is 11.6 Å². The number of carboxylic acids is 1. The van der Waals surface area contributed by atoms with Crippen LogP contribution < -0.4 is 5.32 Å². The van der Waals surface area contributed by atoms with Gasteiger partial charge in [0.2, 0.25) is 0 Å². The van der Waals surface area contributed by atoms with Crippen molar-refractivity contribution in [2.45, 2.75) is 31.8 Å². The van der Waals surface area contributed by atoms with E-state index in [1.807, 2.05) is 18.3 Å². The molecule has 12 heteroatoms. The van der Waals surface area contributed by atoms with E-state index in [0.29, 0.717) is 17.2 Å². The molecule has 0 unspecified atom stereocenters. The van der Waals surface area contributed by atoms with Crippen molar-refractivity contribution in [2.75, 3.05) is 0 Å². The van der Waals surface area contributed by atoms with E-state index in [4.69, 9.17) is 11.6 Å². The first-order chi connectivity index (χ1) is 17.4. The second-order valence-corrected chi connectivity index (χ2v) is 9.17. The number of aromatic nitrogens is 6. The molecule has 0 aromatic carbocycles. The Bertz CT molecular complexity index is 1670. The Balaban J connectivity index is 1.20. The summed E-state index contributed by atoms with van der Waals surface area (Å²) in [7, 11) is 0. The number of imidazole rings is 1. The largest absolute Gasteiger partial charge is 0.477 e. The Morgan fingerprint density at radius 2 is 2.06 bits per heavy atom. The van der Waals surface area contributed by atoms with E-state index < -0.39 is 17.7 Å². The van der Waals surface area contributed by atoms with Gasteiger partial charge in [-0.05, 0) is 42.5 Å². The SMILES string of the molecule is O=C(NCc1ncn2ccc(Cl)c(F)c12)c1cn(Cc2cc3ccc(C4CC4)cn3c2C(=O)O)nn1. The summed E-state index contributed by atoms with van der Waals surface area (Å²) in [5.41, 5.74) is 3.12. The van der Waals surface area contributed by atoms with Gasteiger partial charge in [0, 0.05) is 23.5 Å². The number of carbonyl (C=O) groups is 2. The van der Waals surface area contributed by atoms with Gasteiger partial charge in [-0.3, -0.25) is 4.79 Å². The fraction of sp³-hybridized carbons (Fsp3) is 0.208. The van der Waals surface area contributed by atoms with E-state index >= 15 is 0 Å². The zero-order valence-corrected chi connectivity index (χ0v) is 19.5. The Labute approximate surface area is 207 Å². The lowest BCUT2D eigenvalue weighted by atomic mass is 10.2. The molecule has 0 spiro atoms. The van der Waals surface area contributed by atoms with Crippen molar-refractivity contribution in [1.82, 2.24) is 34.1 Å². The molecule has 0 aliphatic heterocycles. The highest BCUT2D eigenvalue weighted by Gasteiger charge is 2.25. The first kappa shape index (κ1) is 22.2. The Hall–Kier alpha value is -4.25. The summed E-state index contributed by atoms with van der Waals surface area (Å²) >= 11 is 5.86. The minimum absolute atomic E-state index is 0.0358. The number of hydrogen-bond acceptors (Lipinski definition) is 5. The zero-order valence-electron chi connectivity index (χ0n) is 18.7. The number of fused-ring (bicyclic) bond motifs is 2. The van der Waals surface area contributed by atoms with Crippen LogP contribution in [0.15, 0.2) is 49.2 Å². The zero-order chi connectivity index (χ0) is 25.0. The van der Waals surface area contributed by atoms with E-state index in [-0.39, 0.29) is 35.0 Å². The standard InChI is InChI=1S/C24H19ClFN7O3/c25-17-5-6-31-12-28-18(22(31)20(17)26)8-27-23(34)19-11-32(30-29-19)9-15-7-16-4-3-14(13-1-2-13)10-33(16)21(15)24(35)36/h3-7,10-13H,1-2,8-9H2,(H,27,34)(H,35,36). The van der Waals surface area contributed by atoms with Crippen LogP contribution in [0.25, 0.3) is 11.0 Å². The Kier molecular flexibility index (Phi) is 5.22. The lowest BCUT2D eigenvalue weighted by molar-refractivity contribution is 0.0687. The van der Waals surface area contributed by atoms with Crippen molar-refractivity contribution in [1.29, 1.82) is 0 Å². The number of carbonyl (C=O) groups excluding carboxylic acids is 1. The highest BCUT2D eigenvalue weighted by molar-refractivity contribution is 6.31. The molecular formula is C24H19ClFN7O3. The molecule has 5 aromatic rings. The average molecular weight is 508 g/mol. The molecule has 0 saturated heterocycles. The number of carboxylic acid groups (broad SMARTS) is 1. The van der Waals surface area contributed by atoms with Crippen LogP contribution in [0.5, 0.6) is 0 Å². The Morgan fingerprint density at radius 1 is 1.22 bits per heavy atom. The number of nitrogens with one attached hydrogen (secondary N) is 1. The van der Waals surface area contributed by atoms with Gasteiger partial charge in [-0.2, -0.15) is 0 Å². The second-order valence-electron chi connectivity index (χ2n) is 8.76. The van der Waals surface area contributed by atoms with Crippen LogP contribution in [0.3, 0.4) is 0 Å². The summed E-state index contributed by atoms with van der Waals surface area (Å²) in [6.45, 7) is 0.0780. The van der Waals surface area contributed by atoms with Gasteiger partial charge in [-0.1, -0.05) is 22.9 Å². The molecule has 1 amide bonds. The lowest BCUT2D eigenvalue weighted by Gasteiger charge is -2.04. The molecule has 5 aromatic heterocycles. The predicted molar refractivity (Wildman–Crippen MR) is 127 cm³/mol. The number of hydrogen-bond donors (Lipinski definition) is 2. The van der Waals surface area contributed by atoms with Gasteiger partial charge in [-0.25, -0.2) is 18.9 Å². The molecule has 1 fully saturated rings. The third kappa shape index (κ3) is 3.87. The highest BCUT2D eigenvalue weighted by atomic mass is 35.5. The third-order valence-corrected chi connectivity index (χ3v) is 6.60. The second kappa shape index (κ2) is 8.45. The number of amides is 1. The van der Waals surface area contributed by atoms with Gasteiger partial charge < -0.3 is 19.2 Å². The fourth-order valence-electron chi connectivity index (χ4n) is 4.38. The maximum atomic E-state index is 14.4. The first-order valence-corrected chi connectivity index (χ1v) is 11.6. The van der Waals surface area contributed by atoms with Gasteiger partial charge in [0.25, 0.3) is 5.91 Å². The summed E-state index contributed by atoms with van der Waals surface area (Å²) in [4.78, 5) is 28.8. The van der Waals surface area contributed by atoms with Crippen LogP contribution in [0.2, 0.25) is 5.02 Å². The monoisotopic (exact) mass is 507 g/mol. The fourth-order valence-corrected chi connectivity index (χ4v) is 4.53. The van der Waals surface area contributed by atoms with E-state index in [1.54, 1.807) is 16.7 Å². The van der Waals surface area contributed by atoms with Crippen molar-refractivity contribution in [3.8, 4) is 0 Å². The van der Waals surface area contributed by atoms with Crippen molar-refractivity contribution in [2.24, 2.45) is 0 Å². The molecule has 0 bridgehead atoms. The Morgan fingerprint density at radius 3 is 2.83 bits per heavy atom. The summed E-state index contributed by atoms with van der Waals surface area (Å²) in [5.74, 6) is -1.70. The van der Waals surface area contributed by atoms with Crippen molar-refractivity contribution < 1.29 is 19.1 Å². The smallest absolute Gasteiger partial charge is 0.353 e. The van der Waals surface area contributed by atoms with Crippen LogP contribution in [-0.2, 0) is 13.1 Å². The molecular weight excluding hydrogens is 489 g/mol.